The van der Waals surface area contributed by atoms with Gasteiger partial charge in [-0.3, -0.25) is 19.3 Å². The molecule has 1 saturated heterocycles. The molecule has 2 aromatic carbocycles. The molecule has 0 aromatic heterocycles. The number of halogens is 1. The van der Waals surface area contributed by atoms with Crippen molar-refractivity contribution in [2.75, 3.05) is 23.7 Å². The fraction of sp³-hybridized carbons (Fsp3) is 0.174. The summed E-state index contributed by atoms with van der Waals surface area (Å²) >= 11 is 1.12. The van der Waals surface area contributed by atoms with Crippen molar-refractivity contribution in [2.45, 2.75) is 6.10 Å². The zero-order valence-electron chi connectivity index (χ0n) is 17.7. The van der Waals surface area contributed by atoms with Crippen LogP contribution in [0.5, 0.6) is 0 Å². The Balaban J connectivity index is 1.32. The molecule has 1 atom stereocenters. The van der Waals surface area contributed by atoms with Gasteiger partial charge in [0.2, 0.25) is 5.91 Å². The van der Waals surface area contributed by atoms with Crippen molar-refractivity contribution in [3.8, 4) is 0 Å². The quantitative estimate of drug-likeness (QED) is 0.462. The molecule has 9 nitrogen and oxygen atoms in total. The van der Waals surface area contributed by atoms with E-state index >= 15 is 0 Å². The van der Waals surface area contributed by atoms with Gasteiger partial charge in [-0.25, -0.2) is 14.6 Å². The van der Waals surface area contributed by atoms with Crippen LogP contribution in [0.1, 0.15) is 21.5 Å². The Morgan fingerprint density at radius 2 is 2.00 bits per heavy atom. The molecule has 2 N–H and O–H groups in total. The van der Waals surface area contributed by atoms with Crippen LogP contribution in [-0.2, 0) is 14.3 Å². The number of ether oxygens (including phenoxy) is 1. The molecule has 0 unspecified atom stereocenters. The first-order valence-corrected chi connectivity index (χ1v) is 11.2. The maximum absolute atomic E-state index is 14.7. The average Bonchev–Trinajstić information content (AvgIpc) is 3.22. The first-order chi connectivity index (χ1) is 16.4. The highest BCUT2D eigenvalue weighted by atomic mass is 32.2. The third-order valence-corrected chi connectivity index (χ3v) is 5.99. The van der Waals surface area contributed by atoms with E-state index in [2.05, 4.69) is 15.8 Å². The number of hydrogen-bond donors (Lipinski definition) is 2. The Kier molecular flexibility index (Phi) is 7.02. The van der Waals surface area contributed by atoms with Crippen LogP contribution in [0.3, 0.4) is 0 Å². The molecular formula is C23H19FN4O5S. The van der Waals surface area contributed by atoms with Crippen molar-refractivity contribution in [1.29, 1.82) is 0 Å². The molecule has 0 saturated carbocycles. The smallest absolute Gasteiger partial charge is 0.414 e. The van der Waals surface area contributed by atoms with Crippen molar-refractivity contribution >= 4 is 52.8 Å². The molecule has 0 spiro atoms. The van der Waals surface area contributed by atoms with Crippen molar-refractivity contribution in [3.05, 3.63) is 71.0 Å². The van der Waals surface area contributed by atoms with Gasteiger partial charge in [-0.05, 0) is 29.8 Å². The molecule has 2 aromatic rings. The third kappa shape index (κ3) is 5.49. The Bertz CT molecular complexity index is 1200. The largest absolute Gasteiger partial charge is 0.442 e. The van der Waals surface area contributed by atoms with Crippen molar-refractivity contribution in [1.82, 2.24) is 10.7 Å². The number of nitrogens with zero attached hydrogens (tertiary/aromatic N) is 2. The van der Waals surface area contributed by atoms with Crippen LogP contribution in [0.4, 0.5) is 14.9 Å². The molecule has 2 heterocycles. The molecule has 0 aliphatic carbocycles. The number of hydrogen-bond acceptors (Lipinski definition) is 7. The second-order valence-corrected chi connectivity index (χ2v) is 8.35. The van der Waals surface area contributed by atoms with Crippen molar-refractivity contribution in [2.24, 2.45) is 5.10 Å². The number of nitrogens with one attached hydrogen (secondary N) is 2. The van der Waals surface area contributed by atoms with Crippen LogP contribution in [0.25, 0.3) is 6.08 Å². The minimum absolute atomic E-state index is 0.0865. The highest BCUT2D eigenvalue weighted by molar-refractivity contribution is 8.15. The van der Waals surface area contributed by atoms with Gasteiger partial charge in [-0.15, -0.1) is 0 Å². The van der Waals surface area contributed by atoms with Crippen LogP contribution < -0.4 is 15.6 Å². The molecule has 0 bridgehead atoms. The van der Waals surface area contributed by atoms with Gasteiger partial charge in [0, 0.05) is 17.2 Å². The summed E-state index contributed by atoms with van der Waals surface area (Å²) in [4.78, 5) is 47.5. The number of amides is 3. The number of carbonyl (C=O) groups excluding carboxylic acids is 4. The van der Waals surface area contributed by atoms with Crippen LogP contribution in [0.15, 0.2) is 53.6 Å². The van der Waals surface area contributed by atoms with Gasteiger partial charge >= 0.3 is 6.09 Å². The summed E-state index contributed by atoms with van der Waals surface area (Å²) in [6.45, 7) is 0.226. The number of benzene rings is 2. The van der Waals surface area contributed by atoms with Crippen molar-refractivity contribution in [3.63, 3.8) is 0 Å². The van der Waals surface area contributed by atoms with Crippen LogP contribution in [0.2, 0.25) is 0 Å². The number of hydrazone groups is 1. The topological polar surface area (TPSA) is 117 Å². The van der Waals surface area contributed by atoms with E-state index in [1.807, 2.05) is 0 Å². The van der Waals surface area contributed by atoms with E-state index in [0.29, 0.717) is 16.3 Å². The zero-order chi connectivity index (χ0) is 24.1. The van der Waals surface area contributed by atoms with E-state index in [1.165, 1.54) is 23.1 Å². The van der Waals surface area contributed by atoms with E-state index in [0.717, 1.165) is 23.6 Å². The fourth-order valence-electron chi connectivity index (χ4n) is 3.26. The lowest BCUT2D eigenvalue weighted by molar-refractivity contribution is -0.118. The Morgan fingerprint density at radius 1 is 1.24 bits per heavy atom. The Hall–Kier alpha value is -3.99. The number of carbonyl (C=O) groups is 4. The number of anilines is 1. The lowest BCUT2D eigenvalue weighted by Crippen LogP contribution is -2.33. The summed E-state index contributed by atoms with van der Waals surface area (Å²) in [7, 11) is 0. The van der Waals surface area contributed by atoms with Gasteiger partial charge in [0.15, 0.2) is 0 Å². The lowest BCUT2D eigenvalue weighted by atomic mass is 10.1. The van der Waals surface area contributed by atoms with Gasteiger partial charge in [-0.1, -0.05) is 36.0 Å². The zero-order valence-corrected chi connectivity index (χ0v) is 18.5. The SMILES string of the molecule is O=Cc1ccc(C=CC(=O)NC[C@H]2CN(c3ccc(C4=NNC(=O)CS4)c(F)c3)C(=O)O2)cc1. The third-order valence-electron chi connectivity index (χ3n) is 4.99. The molecule has 3 amide bonds. The Labute approximate surface area is 198 Å². The van der Waals surface area contributed by atoms with Crippen LogP contribution in [0, 0.1) is 5.82 Å². The summed E-state index contributed by atoms with van der Waals surface area (Å²) in [6, 6.07) is 11.0. The monoisotopic (exact) mass is 482 g/mol. The van der Waals surface area contributed by atoms with Crippen molar-refractivity contribution < 1.29 is 28.3 Å². The normalized spacial score (nSPS) is 17.9. The minimum Gasteiger partial charge on any atom is -0.442 e. The molecule has 2 aliphatic rings. The molecular weight excluding hydrogens is 463 g/mol. The molecule has 0 radical (unpaired) electrons. The second kappa shape index (κ2) is 10.3. The number of aldehydes is 1. The summed E-state index contributed by atoms with van der Waals surface area (Å²) in [5.74, 6) is -1.07. The minimum atomic E-state index is -0.645. The summed E-state index contributed by atoms with van der Waals surface area (Å²) in [5.41, 5.74) is 4.14. The molecule has 4 rings (SSSR count). The Morgan fingerprint density at radius 3 is 2.68 bits per heavy atom. The van der Waals surface area contributed by atoms with E-state index in [-0.39, 0.29) is 36.2 Å². The predicted molar refractivity (Wildman–Crippen MR) is 125 cm³/mol. The van der Waals surface area contributed by atoms with E-state index in [1.54, 1.807) is 36.4 Å². The fourth-order valence-corrected chi connectivity index (χ4v) is 4.03. The number of thioether (sulfide) groups is 1. The van der Waals surface area contributed by atoms with E-state index < -0.39 is 18.0 Å². The second-order valence-electron chi connectivity index (χ2n) is 7.38. The maximum Gasteiger partial charge on any atom is 0.414 e. The van der Waals surface area contributed by atoms with E-state index in [4.69, 9.17) is 4.74 Å². The molecule has 174 valence electrons. The van der Waals surface area contributed by atoms with Gasteiger partial charge in [0.1, 0.15) is 23.3 Å². The highest BCUT2D eigenvalue weighted by Gasteiger charge is 2.33. The standard InChI is InChI=1S/C23H19FN4O5S/c24-19-9-16(6-7-18(19)22-27-26-21(31)13-34-22)28-11-17(33-23(28)32)10-25-20(30)8-5-14-1-3-15(12-29)4-2-14/h1-9,12,17H,10-11,13H2,(H,25,30)(H,26,31)/t17-/m0/s1. The highest BCUT2D eigenvalue weighted by Crippen LogP contribution is 2.26. The van der Waals surface area contributed by atoms with Gasteiger partial charge in [0.05, 0.1) is 24.5 Å². The molecule has 1 fully saturated rings. The summed E-state index contributed by atoms with van der Waals surface area (Å²) in [5, 5.41) is 6.87. The number of cyclic esters (lactones) is 1. The molecule has 11 heteroatoms. The van der Waals surface area contributed by atoms with Gasteiger partial charge < -0.3 is 10.1 Å². The lowest BCUT2D eigenvalue weighted by Gasteiger charge is -2.16. The van der Waals surface area contributed by atoms with Gasteiger partial charge in [0.25, 0.3) is 5.91 Å². The maximum atomic E-state index is 14.7. The first-order valence-electron chi connectivity index (χ1n) is 10.2. The number of rotatable bonds is 7. The van der Waals surface area contributed by atoms with Gasteiger partial charge in [-0.2, -0.15) is 5.10 Å². The molecule has 2 aliphatic heterocycles. The predicted octanol–water partition coefficient (Wildman–Crippen LogP) is 2.32. The van der Waals surface area contributed by atoms with E-state index in [9.17, 15) is 23.6 Å². The summed E-state index contributed by atoms with van der Waals surface area (Å²) in [6.07, 6.45) is 2.43. The first kappa shape index (κ1) is 23.2. The van der Waals surface area contributed by atoms with Crippen LogP contribution >= 0.6 is 11.8 Å². The average molecular weight is 482 g/mol. The van der Waals surface area contributed by atoms with Crippen LogP contribution in [-0.4, -0.2) is 54.2 Å². The molecule has 34 heavy (non-hydrogen) atoms. The summed E-state index contributed by atoms with van der Waals surface area (Å²) < 4.78 is 19.9.